The zero-order chi connectivity index (χ0) is 26.1. The molecule has 3 saturated carbocycles. The minimum Gasteiger partial charge on any atom is -0.446 e. The first-order valence-corrected chi connectivity index (χ1v) is 15.5. The van der Waals surface area contributed by atoms with E-state index in [1.807, 2.05) is 0 Å². The average molecular weight is 502 g/mol. The third-order valence-electron chi connectivity index (χ3n) is 11.4. The van der Waals surface area contributed by atoms with Crippen LogP contribution < -0.4 is 10.2 Å². The summed E-state index contributed by atoms with van der Waals surface area (Å²) in [6.45, 7) is 14.2. The fourth-order valence-electron chi connectivity index (χ4n) is 9.36. The summed E-state index contributed by atoms with van der Waals surface area (Å²) in [5.74, 6) is 5.22. The summed E-state index contributed by atoms with van der Waals surface area (Å²) in [6, 6.07) is 0. The lowest BCUT2D eigenvalue weighted by Gasteiger charge is -2.58. The van der Waals surface area contributed by atoms with Crippen molar-refractivity contribution in [2.45, 2.75) is 111 Å². The fraction of sp³-hybridized carbons (Fsp3) is 0.906. The van der Waals surface area contributed by atoms with Gasteiger partial charge < -0.3 is 15.0 Å². The van der Waals surface area contributed by atoms with Crippen molar-refractivity contribution in [3.05, 3.63) is 11.6 Å². The molecule has 0 aromatic carbocycles. The van der Waals surface area contributed by atoms with Crippen molar-refractivity contribution in [2.24, 2.45) is 46.3 Å². The summed E-state index contributed by atoms with van der Waals surface area (Å²) >= 11 is 0. The highest BCUT2D eigenvalue weighted by atomic mass is 16.6. The van der Waals surface area contributed by atoms with Gasteiger partial charge in [-0.15, -0.1) is 0 Å². The molecule has 3 fully saturated rings. The Morgan fingerprint density at radius 1 is 1.08 bits per heavy atom. The molecule has 206 valence electrons. The Morgan fingerprint density at radius 3 is 2.58 bits per heavy atom. The normalized spacial score (nSPS) is 38.7. The van der Waals surface area contributed by atoms with Gasteiger partial charge in [0.05, 0.1) is 27.2 Å². The van der Waals surface area contributed by atoms with Gasteiger partial charge in [-0.2, -0.15) is 0 Å². The molecule has 4 rings (SSSR count). The Labute approximate surface area is 222 Å². The summed E-state index contributed by atoms with van der Waals surface area (Å²) < 4.78 is 5.88. The van der Waals surface area contributed by atoms with Crippen molar-refractivity contribution >= 4 is 6.09 Å². The first kappa shape index (κ1) is 28.0. The molecular formula is C32H57N2O2+. The Kier molecular flexibility index (Phi) is 8.85. The van der Waals surface area contributed by atoms with Gasteiger partial charge in [0.25, 0.3) is 0 Å². The number of carbonyl (C=O) groups is 1. The van der Waals surface area contributed by atoms with Gasteiger partial charge in [-0.25, -0.2) is 4.79 Å². The average Bonchev–Trinajstić information content (AvgIpc) is 3.16. The molecule has 0 radical (unpaired) electrons. The van der Waals surface area contributed by atoms with Crippen LogP contribution >= 0.6 is 0 Å². The molecule has 0 aliphatic heterocycles. The quantitative estimate of drug-likeness (QED) is 0.366. The number of hydrogen-bond donors (Lipinski definition) is 2. The maximum atomic E-state index is 12.3. The van der Waals surface area contributed by atoms with Gasteiger partial charge >= 0.3 is 6.09 Å². The van der Waals surface area contributed by atoms with Crippen molar-refractivity contribution in [3.8, 4) is 0 Å². The smallest absolute Gasteiger partial charge is 0.407 e. The lowest BCUT2D eigenvalue weighted by Crippen LogP contribution is -3.06. The third kappa shape index (κ3) is 5.69. The predicted octanol–water partition coefficient (Wildman–Crippen LogP) is 6.27. The number of rotatable bonds is 9. The molecule has 2 N–H and O–H groups in total. The second-order valence-corrected chi connectivity index (χ2v) is 14.4. The van der Waals surface area contributed by atoms with E-state index < -0.39 is 0 Å². The highest BCUT2D eigenvalue weighted by Crippen LogP contribution is 2.67. The first-order chi connectivity index (χ1) is 17.0. The SMILES string of the molecule is CC(C)CCCC(C)C1CCC2C3CC=C4CC(OC(=O)NCC[NH+](C)C)CCC4(C)C3CCC12C. The summed E-state index contributed by atoms with van der Waals surface area (Å²) in [5, 5.41) is 2.95. The lowest BCUT2D eigenvalue weighted by atomic mass is 9.47. The van der Waals surface area contributed by atoms with Gasteiger partial charge in [0.15, 0.2) is 0 Å². The predicted molar refractivity (Wildman–Crippen MR) is 149 cm³/mol. The third-order valence-corrected chi connectivity index (χ3v) is 11.4. The standard InChI is InChI=1S/C32H56N2O2/c1-22(2)9-8-10-23(3)27-13-14-28-26-12-11-24-21-25(36-30(35)33-19-20-34(6)7)15-17-31(24,4)29(26)16-18-32(27,28)5/h11,22-23,25-29H,8-10,12-21H2,1-7H3,(H,33,35)/p+1. The second kappa shape index (κ2) is 11.4. The van der Waals surface area contributed by atoms with Gasteiger partial charge in [-0.1, -0.05) is 65.5 Å². The number of allylic oxidation sites excluding steroid dienone is 1. The Hall–Kier alpha value is -1.03. The number of amides is 1. The van der Waals surface area contributed by atoms with Crippen LogP contribution in [0.2, 0.25) is 0 Å². The van der Waals surface area contributed by atoms with E-state index in [0.29, 0.717) is 17.4 Å². The molecule has 4 heteroatoms. The van der Waals surface area contributed by atoms with Gasteiger partial charge in [0.2, 0.25) is 0 Å². The van der Waals surface area contributed by atoms with E-state index in [0.717, 1.165) is 54.9 Å². The minimum atomic E-state index is -0.230. The molecular weight excluding hydrogens is 444 g/mol. The molecule has 0 aromatic heterocycles. The van der Waals surface area contributed by atoms with Gasteiger partial charge in [0, 0.05) is 6.42 Å². The summed E-state index contributed by atoms with van der Waals surface area (Å²) in [4.78, 5) is 13.7. The summed E-state index contributed by atoms with van der Waals surface area (Å²) in [5.41, 5.74) is 2.47. The monoisotopic (exact) mass is 501 g/mol. The molecule has 8 unspecified atom stereocenters. The van der Waals surface area contributed by atoms with Gasteiger partial charge in [-0.05, 0) is 91.3 Å². The molecule has 4 aliphatic carbocycles. The maximum absolute atomic E-state index is 12.3. The Bertz CT molecular complexity index is 791. The van der Waals surface area contributed by atoms with E-state index in [1.54, 1.807) is 5.57 Å². The number of alkyl carbamates (subject to hydrolysis) is 1. The van der Waals surface area contributed by atoms with E-state index in [-0.39, 0.29) is 12.2 Å². The fourth-order valence-corrected chi connectivity index (χ4v) is 9.36. The van der Waals surface area contributed by atoms with Crippen LogP contribution in [0.5, 0.6) is 0 Å². The van der Waals surface area contributed by atoms with Gasteiger partial charge in [-0.3, -0.25) is 0 Å². The van der Waals surface area contributed by atoms with E-state index >= 15 is 0 Å². The Balaban J connectivity index is 1.37. The van der Waals surface area contributed by atoms with Gasteiger partial charge in [0.1, 0.15) is 6.10 Å². The van der Waals surface area contributed by atoms with Crippen LogP contribution in [-0.4, -0.2) is 39.4 Å². The number of carbonyl (C=O) groups excluding carboxylic acids is 1. The molecule has 0 saturated heterocycles. The van der Waals surface area contributed by atoms with Crippen LogP contribution in [0.3, 0.4) is 0 Å². The number of likely N-dealkylation sites (N-methyl/N-ethyl adjacent to an activating group) is 1. The van der Waals surface area contributed by atoms with Crippen molar-refractivity contribution in [1.82, 2.24) is 5.32 Å². The van der Waals surface area contributed by atoms with Crippen molar-refractivity contribution < 1.29 is 14.4 Å². The number of ether oxygens (including phenoxy) is 1. The van der Waals surface area contributed by atoms with E-state index in [1.165, 1.54) is 62.7 Å². The molecule has 8 atom stereocenters. The van der Waals surface area contributed by atoms with Crippen LogP contribution in [0.25, 0.3) is 0 Å². The first-order valence-electron chi connectivity index (χ1n) is 15.5. The van der Waals surface area contributed by atoms with Crippen molar-refractivity contribution in [3.63, 3.8) is 0 Å². The molecule has 0 aromatic rings. The van der Waals surface area contributed by atoms with Crippen LogP contribution in [-0.2, 0) is 4.74 Å². The largest absolute Gasteiger partial charge is 0.446 e. The molecule has 36 heavy (non-hydrogen) atoms. The lowest BCUT2D eigenvalue weighted by molar-refractivity contribution is -0.856. The van der Waals surface area contributed by atoms with Crippen LogP contribution in [0.15, 0.2) is 11.6 Å². The summed E-state index contributed by atoms with van der Waals surface area (Å²) in [6.07, 6.45) is 16.8. The molecule has 4 aliphatic rings. The number of fused-ring (bicyclic) bond motifs is 5. The summed E-state index contributed by atoms with van der Waals surface area (Å²) in [7, 11) is 4.21. The molecule has 4 nitrogen and oxygen atoms in total. The molecule has 0 bridgehead atoms. The highest BCUT2D eigenvalue weighted by Gasteiger charge is 2.59. The minimum absolute atomic E-state index is 0.0454. The van der Waals surface area contributed by atoms with Crippen LogP contribution in [0.1, 0.15) is 105 Å². The number of quaternary nitrogens is 1. The topological polar surface area (TPSA) is 42.8 Å². The second-order valence-electron chi connectivity index (χ2n) is 14.4. The molecule has 1 amide bonds. The number of hydrogen-bond acceptors (Lipinski definition) is 2. The van der Waals surface area contributed by atoms with Crippen molar-refractivity contribution in [2.75, 3.05) is 27.2 Å². The highest BCUT2D eigenvalue weighted by molar-refractivity contribution is 5.67. The zero-order valence-electron chi connectivity index (χ0n) is 24.6. The van der Waals surface area contributed by atoms with Crippen LogP contribution in [0, 0.1) is 46.3 Å². The van der Waals surface area contributed by atoms with Crippen molar-refractivity contribution in [1.29, 1.82) is 0 Å². The Morgan fingerprint density at radius 2 is 1.86 bits per heavy atom. The molecule has 0 heterocycles. The zero-order valence-corrected chi connectivity index (χ0v) is 24.6. The maximum Gasteiger partial charge on any atom is 0.407 e. The van der Waals surface area contributed by atoms with E-state index in [9.17, 15) is 4.79 Å². The van der Waals surface area contributed by atoms with E-state index in [2.05, 4.69) is 60.1 Å². The van der Waals surface area contributed by atoms with E-state index in [4.69, 9.17) is 4.74 Å². The number of nitrogens with one attached hydrogen (secondary N) is 2. The van der Waals surface area contributed by atoms with Crippen LogP contribution in [0.4, 0.5) is 4.79 Å². The molecule has 0 spiro atoms.